The minimum atomic E-state index is -0.873. The number of halogens is 2. The van der Waals surface area contributed by atoms with E-state index in [-0.39, 0.29) is 17.9 Å². The molecule has 0 bridgehead atoms. The third kappa shape index (κ3) is 5.88. The molecular weight excluding hydrogens is 440 g/mol. The maximum absolute atomic E-state index is 14.0. The molecule has 0 amide bonds. The standard InChI is InChI=1S/C25H31F2N5O2/c1-15(2)29-23-24(31-20-12-17(13-25(3,4)33)28-14-21(20)30-23)32-9-7-18(8-10-32)34-22-6-5-16(26)11-19(22)27/h5-6,11-12,14-15,18,33H,7-10,13H2,1-4H3,(H,29,30). The molecule has 2 aromatic heterocycles. The molecule has 0 unspecified atom stereocenters. The zero-order chi connectivity index (χ0) is 24.5. The number of hydrogen-bond acceptors (Lipinski definition) is 7. The fraction of sp³-hybridized carbons (Fsp3) is 0.480. The summed E-state index contributed by atoms with van der Waals surface area (Å²) in [6.07, 6.45) is 3.26. The molecule has 0 aliphatic carbocycles. The highest BCUT2D eigenvalue weighted by Crippen LogP contribution is 2.30. The maximum atomic E-state index is 14.0. The van der Waals surface area contributed by atoms with E-state index < -0.39 is 17.2 Å². The van der Waals surface area contributed by atoms with Crippen molar-refractivity contribution < 1.29 is 18.6 Å². The third-order valence-electron chi connectivity index (χ3n) is 5.56. The summed E-state index contributed by atoms with van der Waals surface area (Å²) in [5.74, 6) is 0.179. The second-order valence-electron chi connectivity index (χ2n) is 9.73. The summed E-state index contributed by atoms with van der Waals surface area (Å²) in [7, 11) is 0. The number of hydrogen-bond donors (Lipinski definition) is 2. The molecule has 1 aliphatic heterocycles. The van der Waals surface area contributed by atoms with Crippen LogP contribution < -0.4 is 15.0 Å². The van der Waals surface area contributed by atoms with E-state index in [1.54, 1.807) is 20.0 Å². The quantitative estimate of drug-likeness (QED) is 0.526. The van der Waals surface area contributed by atoms with Crippen molar-refractivity contribution in [2.45, 2.75) is 64.7 Å². The number of ether oxygens (including phenoxy) is 1. The van der Waals surface area contributed by atoms with Crippen LogP contribution in [0.2, 0.25) is 0 Å². The molecule has 34 heavy (non-hydrogen) atoms. The highest BCUT2D eigenvalue weighted by Gasteiger charge is 2.26. The van der Waals surface area contributed by atoms with Crippen molar-refractivity contribution in [1.82, 2.24) is 15.0 Å². The zero-order valence-electron chi connectivity index (χ0n) is 20.0. The van der Waals surface area contributed by atoms with Crippen molar-refractivity contribution in [2.24, 2.45) is 0 Å². The van der Waals surface area contributed by atoms with Gasteiger partial charge in [0.1, 0.15) is 17.4 Å². The summed E-state index contributed by atoms with van der Waals surface area (Å²) in [5.41, 5.74) is 1.27. The lowest BCUT2D eigenvalue weighted by atomic mass is 10.0. The molecule has 1 fully saturated rings. The Morgan fingerprint density at radius 1 is 1.15 bits per heavy atom. The predicted molar refractivity (Wildman–Crippen MR) is 128 cm³/mol. The molecule has 1 saturated heterocycles. The topological polar surface area (TPSA) is 83.4 Å². The Morgan fingerprint density at radius 3 is 2.53 bits per heavy atom. The van der Waals surface area contributed by atoms with E-state index in [9.17, 15) is 13.9 Å². The van der Waals surface area contributed by atoms with Crippen LogP contribution >= 0.6 is 0 Å². The van der Waals surface area contributed by atoms with Crippen LogP contribution in [0.5, 0.6) is 5.75 Å². The van der Waals surface area contributed by atoms with Gasteiger partial charge in [0.15, 0.2) is 23.2 Å². The number of pyridine rings is 1. The van der Waals surface area contributed by atoms with Crippen molar-refractivity contribution in [1.29, 1.82) is 0 Å². The largest absolute Gasteiger partial charge is 0.487 e. The summed E-state index contributed by atoms with van der Waals surface area (Å²) in [5, 5.41) is 13.5. The molecule has 1 aromatic carbocycles. The average Bonchev–Trinajstić information content (AvgIpc) is 2.74. The summed E-state index contributed by atoms with van der Waals surface area (Å²) in [6.45, 7) is 8.88. The molecule has 3 heterocycles. The zero-order valence-corrected chi connectivity index (χ0v) is 20.0. The molecule has 0 saturated carbocycles. The van der Waals surface area contributed by atoms with Gasteiger partial charge in [-0.15, -0.1) is 0 Å². The highest BCUT2D eigenvalue weighted by molar-refractivity contribution is 5.80. The fourth-order valence-corrected chi connectivity index (χ4v) is 4.06. The second-order valence-corrected chi connectivity index (χ2v) is 9.73. The first-order chi connectivity index (χ1) is 16.1. The first-order valence-corrected chi connectivity index (χ1v) is 11.6. The normalized spacial score (nSPS) is 15.2. The number of aliphatic hydroxyl groups is 1. The van der Waals surface area contributed by atoms with Crippen LogP contribution in [0.25, 0.3) is 11.0 Å². The van der Waals surface area contributed by atoms with Crippen molar-refractivity contribution in [2.75, 3.05) is 23.3 Å². The van der Waals surface area contributed by atoms with Crippen LogP contribution in [-0.2, 0) is 6.42 Å². The Bertz CT molecular complexity index is 1160. The number of nitrogens with one attached hydrogen (secondary N) is 1. The second kappa shape index (κ2) is 9.66. The summed E-state index contributed by atoms with van der Waals surface area (Å²) < 4.78 is 33.0. The number of nitrogens with zero attached hydrogens (tertiary/aromatic N) is 4. The summed E-state index contributed by atoms with van der Waals surface area (Å²) in [6, 6.07) is 5.39. The first-order valence-electron chi connectivity index (χ1n) is 11.6. The van der Waals surface area contributed by atoms with Crippen LogP contribution in [0.3, 0.4) is 0 Å². The van der Waals surface area contributed by atoms with Gasteiger partial charge in [0.25, 0.3) is 0 Å². The van der Waals surface area contributed by atoms with Crippen LogP contribution in [0.15, 0.2) is 30.5 Å². The Kier molecular flexibility index (Phi) is 6.84. The molecule has 0 spiro atoms. The van der Waals surface area contributed by atoms with Gasteiger partial charge in [0.2, 0.25) is 0 Å². The molecule has 4 rings (SSSR count). The van der Waals surface area contributed by atoms with Crippen LogP contribution in [0.1, 0.15) is 46.2 Å². The average molecular weight is 472 g/mol. The monoisotopic (exact) mass is 471 g/mol. The Labute approximate surface area is 198 Å². The van der Waals surface area contributed by atoms with E-state index in [0.29, 0.717) is 49.2 Å². The van der Waals surface area contributed by atoms with E-state index in [0.717, 1.165) is 17.6 Å². The smallest absolute Gasteiger partial charge is 0.172 e. The predicted octanol–water partition coefficient (Wildman–Crippen LogP) is 4.48. The van der Waals surface area contributed by atoms with E-state index in [1.807, 2.05) is 19.9 Å². The van der Waals surface area contributed by atoms with Gasteiger partial charge in [-0.05, 0) is 45.9 Å². The third-order valence-corrected chi connectivity index (χ3v) is 5.56. The number of rotatable bonds is 7. The SMILES string of the molecule is CC(C)Nc1nc2cnc(CC(C)(C)O)cc2nc1N1CCC(Oc2ccc(F)cc2F)CC1. The molecular formula is C25H31F2N5O2. The van der Waals surface area contributed by atoms with E-state index in [2.05, 4.69) is 15.2 Å². The lowest BCUT2D eigenvalue weighted by molar-refractivity contribution is 0.0800. The number of anilines is 2. The minimum Gasteiger partial charge on any atom is -0.487 e. The number of fused-ring (bicyclic) bond motifs is 1. The summed E-state index contributed by atoms with van der Waals surface area (Å²) >= 11 is 0. The highest BCUT2D eigenvalue weighted by atomic mass is 19.1. The van der Waals surface area contributed by atoms with Crippen molar-refractivity contribution >= 4 is 22.7 Å². The van der Waals surface area contributed by atoms with Gasteiger partial charge in [-0.25, -0.2) is 18.7 Å². The van der Waals surface area contributed by atoms with E-state index in [1.165, 1.54) is 12.1 Å². The fourth-order valence-electron chi connectivity index (χ4n) is 4.06. The van der Waals surface area contributed by atoms with Crippen molar-refractivity contribution in [3.63, 3.8) is 0 Å². The van der Waals surface area contributed by atoms with Crippen LogP contribution in [-0.4, -0.2) is 50.9 Å². The number of aromatic nitrogens is 3. The van der Waals surface area contributed by atoms with E-state index >= 15 is 0 Å². The van der Waals surface area contributed by atoms with Gasteiger partial charge in [-0.2, -0.15) is 0 Å². The molecule has 0 radical (unpaired) electrons. The number of piperidine rings is 1. The summed E-state index contributed by atoms with van der Waals surface area (Å²) in [4.78, 5) is 16.3. The van der Waals surface area contributed by atoms with Crippen molar-refractivity contribution in [3.8, 4) is 5.75 Å². The van der Waals surface area contributed by atoms with E-state index in [4.69, 9.17) is 14.7 Å². The van der Waals surface area contributed by atoms with Gasteiger partial charge >= 0.3 is 0 Å². The molecule has 0 atom stereocenters. The lowest BCUT2D eigenvalue weighted by Gasteiger charge is -2.34. The molecule has 9 heteroatoms. The Morgan fingerprint density at radius 2 is 1.88 bits per heavy atom. The lowest BCUT2D eigenvalue weighted by Crippen LogP contribution is -2.39. The van der Waals surface area contributed by atoms with Crippen LogP contribution in [0.4, 0.5) is 20.4 Å². The molecule has 182 valence electrons. The van der Waals surface area contributed by atoms with Gasteiger partial charge in [-0.1, -0.05) is 0 Å². The number of benzene rings is 1. The van der Waals surface area contributed by atoms with Gasteiger partial charge in [0.05, 0.1) is 17.3 Å². The molecule has 7 nitrogen and oxygen atoms in total. The van der Waals surface area contributed by atoms with Gasteiger partial charge in [-0.3, -0.25) is 4.98 Å². The molecule has 1 aliphatic rings. The Balaban J connectivity index is 1.55. The van der Waals surface area contributed by atoms with Gasteiger partial charge in [0, 0.05) is 50.2 Å². The maximum Gasteiger partial charge on any atom is 0.172 e. The Hall–Kier alpha value is -3.07. The minimum absolute atomic E-state index is 0.0688. The van der Waals surface area contributed by atoms with Gasteiger partial charge < -0.3 is 20.1 Å². The molecule has 3 aromatic rings. The molecule has 2 N–H and O–H groups in total. The van der Waals surface area contributed by atoms with Crippen molar-refractivity contribution in [3.05, 3.63) is 47.8 Å². The first kappa shape index (κ1) is 24.1. The van der Waals surface area contributed by atoms with Crippen LogP contribution in [0, 0.1) is 11.6 Å².